The third-order valence-electron chi connectivity index (χ3n) is 4.95. The number of benzene rings is 2. The van der Waals surface area contributed by atoms with Gasteiger partial charge >= 0.3 is 0 Å². The molecule has 0 bridgehead atoms. The Balaban J connectivity index is 1.32. The Morgan fingerprint density at radius 1 is 0.958 bits per heavy atom. The number of hydrogen-bond acceptors (Lipinski definition) is 1. The fraction of sp³-hybridized carbons (Fsp3) is 0.429. The Hall–Kier alpha value is -1.87. The minimum absolute atomic E-state index is 0.272. The molecular formula is C21H27FNO+. The van der Waals surface area contributed by atoms with Crippen molar-refractivity contribution in [2.45, 2.75) is 25.7 Å². The lowest BCUT2D eigenvalue weighted by Crippen LogP contribution is -3.13. The van der Waals surface area contributed by atoms with Gasteiger partial charge in [-0.3, -0.25) is 0 Å². The predicted octanol–water partition coefficient (Wildman–Crippen LogP) is 3.13. The Morgan fingerprint density at radius 2 is 1.67 bits per heavy atom. The number of ether oxygens (including phenoxy) is 1. The van der Waals surface area contributed by atoms with Gasteiger partial charge in [-0.05, 0) is 42.9 Å². The molecule has 1 N–H and O–H groups in total. The van der Waals surface area contributed by atoms with Crippen LogP contribution in [0.1, 0.15) is 24.8 Å². The molecule has 2 nitrogen and oxygen atoms in total. The van der Waals surface area contributed by atoms with Crippen LogP contribution >= 0.6 is 0 Å². The number of rotatable bonds is 7. The fourth-order valence-corrected chi connectivity index (χ4v) is 3.55. The van der Waals surface area contributed by atoms with Gasteiger partial charge < -0.3 is 9.64 Å². The standard InChI is InChI=1S/C21H26FNO/c22-20-9-4-5-10-21(20)24-16-6-13-23-14-11-19(12-15-23)17-18-7-2-1-3-8-18/h1-5,7-10,19H,6,11-17H2/p+1. The van der Waals surface area contributed by atoms with Crippen LogP contribution in [0, 0.1) is 11.7 Å². The highest BCUT2D eigenvalue weighted by Gasteiger charge is 2.21. The minimum atomic E-state index is -0.272. The van der Waals surface area contributed by atoms with Crippen LogP contribution in [0.5, 0.6) is 5.75 Å². The van der Waals surface area contributed by atoms with Crippen LogP contribution in [0.4, 0.5) is 4.39 Å². The lowest BCUT2D eigenvalue weighted by Gasteiger charge is -2.29. The van der Waals surface area contributed by atoms with Crippen molar-refractivity contribution in [2.75, 3.05) is 26.2 Å². The Kier molecular flexibility index (Phi) is 6.25. The minimum Gasteiger partial charge on any atom is -0.490 e. The molecule has 1 fully saturated rings. The molecule has 0 atom stereocenters. The van der Waals surface area contributed by atoms with Crippen LogP contribution in [0.2, 0.25) is 0 Å². The van der Waals surface area contributed by atoms with E-state index in [2.05, 4.69) is 30.3 Å². The maximum Gasteiger partial charge on any atom is 0.165 e. The van der Waals surface area contributed by atoms with Gasteiger partial charge in [-0.1, -0.05) is 42.5 Å². The van der Waals surface area contributed by atoms with Crippen molar-refractivity contribution in [1.29, 1.82) is 0 Å². The van der Waals surface area contributed by atoms with Crippen molar-refractivity contribution in [3.8, 4) is 5.75 Å². The van der Waals surface area contributed by atoms with Gasteiger partial charge in [0.1, 0.15) is 0 Å². The number of likely N-dealkylation sites (tertiary alicyclic amines) is 1. The molecule has 2 aromatic rings. The first-order chi connectivity index (χ1) is 11.8. The fourth-order valence-electron chi connectivity index (χ4n) is 3.55. The van der Waals surface area contributed by atoms with E-state index >= 15 is 0 Å². The molecular weight excluding hydrogens is 301 g/mol. The zero-order valence-corrected chi connectivity index (χ0v) is 14.2. The monoisotopic (exact) mass is 328 g/mol. The molecule has 1 aliphatic rings. The second-order valence-corrected chi connectivity index (χ2v) is 6.77. The molecule has 3 rings (SSSR count). The smallest absolute Gasteiger partial charge is 0.165 e. The van der Waals surface area contributed by atoms with E-state index in [1.165, 1.54) is 44.0 Å². The highest BCUT2D eigenvalue weighted by atomic mass is 19.1. The number of quaternary nitrogens is 1. The number of para-hydroxylation sites is 1. The van der Waals surface area contributed by atoms with Crippen molar-refractivity contribution in [1.82, 2.24) is 0 Å². The summed E-state index contributed by atoms with van der Waals surface area (Å²) in [5.41, 5.74) is 1.46. The SMILES string of the molecule is Fc1ccccc1OCCC[NH+]1CCC(Cc2ccccc2)CC1. The first kappa shape index (κ1) is 17.0. The number of halogens is 1. The van der Waals surface area contributed by atoms with Crippen LogP contribution in [0.15, 0.2) is 54.6 Å². The molecule has 0 saturated carbocycles. The second kappa shape index (κ2) is 8.84. The molecule has 0 amide bonds. The summed E-state index contributed by atoms with van der Waals surface area (Å²) in [6, 6.07) is 17.4. The van der Waals surface area contributed by atoms with Gasteiger partial charge in [0.15, 0.2) is 11.6 Å². The summed E-state index contributed by atoms with van der Waals surface area (Å²) in [6.07, 6.45) is 4.80. The summed E-state index contributed by atoms with van der Waals surface area (Å²) in [6.45, 7) is 4.21. The predicted molar refractivity (Wildman–Crippen MR) is 94.9 cm³/mol. The Bertz CT molecular complexity index is 608. The van der Waals surface area contributed by atoms with E-state index in [4.69, 9.17) is 4.74 Å². The second-order valence-electron chi connectivity index (χ2n) is 6.77. The summed E-state index contributed by atoms with van der Waals surface area (Å²) in [7, 11) is 0. The van der Waals surface area contributed by atoms with Gasteiger partial charge in [0.25, 0.3) is 0 Å². The van der Waals surface area contributed by atoms with Crippen molar-refractivity contribution in [3.05, 3.63) is 66.0 Å². The molecule has 0 aliphatic carbocycles. The maximum atomic E-state index is 13.5. The van der Waals surface area contributed by atoms with Crippen molar-refractivity contribution >= 4 is 0 Å². The van der Waals surface area contributed by atoms with Gasteiger partial charge in [-0.15, -0.1) is 0 Å². The topological polar surface area (TPSA) is 13.7 Å². The van der Waals surface area contributed by atoms with Crippen LogP contribution in [-0.2, 0) is 6.42 Å². The van der Waals surface area contributed by atoms with Gasteiger partial charge in [0.05, 0.1) is 26.2 Å². The van der Waals surface area contributed by atoms with Gasteiger partial charge in [-0.25, -0.2) is 4.39 Å². The first-order valence-corrected chi connectivity index (χ1v) is 9.06. The molecule has 128 valence electrons. The molecule has 1 heterocycles. The lowest BCUT2D eigenvalue weighted by atomic mass is 9.90. The van der Waals surface area contributed by atoms with Gasteiger partial charge in [-0.2, -0.15) is 0 Å². The molecule has 1 saturated heterocycles. The molecule has 0 unspecified atom stereocenters. The number of piperidine rings is 1. The number of nitrogens with one attached hydrogen (secondary N) is 1. The van der Waals surface area contributed by atoms with E-state index < -0.39 is 0 Å². The van der Waals surface area contributed by atoms with Crippen LogP contribution in [0.25, 0.3) is 0 Å². The van der Waals surface area contributed by atoms with E-state index in [1.54, 1.807) is 23.1 Å². The van der Waals surface area contributed by atoms with Gasteiger partial charge in [0.2, 0.25) is 0 Å². The van der Waals surface area contributed by atoms with E-state index in [1.807, 2.05) is 0 Å². The molecule has 0 radical (unpaired) electrons. The van der Waals surface area contributed by atoms with Gasteiger partial charge in [0, 0.05) is 6.42 Å². The maximum absolute atomic E-state index is 13.5. The average molecular weight is 328 g/mol. The third-order valence-corrected chi connectivity index (χ3v) is 4.95. The van der Waals surface area contributed by atoms with E-state index in [-0.39, 0.29) is 5.82 Å². The molecule has 0 spiro atoms. The quantitative estimate of drug-likeness (QED) is 0.771. The van der Waals surface area contributed by atoms with E-state index in [0.717, 1.165) is 18.9 Å². The zero-order valence-electron chi connectivity index (χ0n) is 14.2. The molecule has 3 heteroatoms. The largest absolute Gasteiger partial charge is 0.490 e. The van der Waals surface area contributed by atoms with Crippen molar-refractivity contribution in [3.63, 3.8) is 0 Å². The Labute approximate surface area is 144 Å². The summed E-state index contributed by atoms with van der Waals surface area (Å²) in [4.78, 5) is 1.66. The van der Waals surface area contributed by atoms with E-state index in [0.29, 0.717) is 12.4 Å². The summed E-state index contributed by atoms with van der Waals surface area (Å²) in [5.74, 6) is 0.923. The Morgan fingerprint density at radius 3 is 2.42 bits per heavy atom. The summed E-state index contributed by atoms with van der Waals surface area (Å²) in [5, 5.41) is 0. The first-order valence-electron chi connectivity index (χ1n) is 9.06. The normalized spacial score (nSPS) is 20.7. The van der Waals surface area contributed by atoms with Crippen molar-refractivity contribution in [2.24, 2.45) is 5.92 Å². The van der Waals surface area contributed by atoms with Crippen LogP contribution in [0.3, 0.4) is 0 Å². The zero-order chi connectivity index (χ0) is 16.6. The third kappa shape index (κ3) is 5.07. The highest BCUT2D eigenvalue weighted by molar-refractivity contribution is 5.23. The van der Waals surface area contributed by atoms with Crippen LogP contribution in [-0.4, -0.2) is 26.2 Å². The molecule has 2 aromatic carbocycles. The van der Waals surface area contributed by atoms with Crippen molar-refractivity contribution < 1.29 is 14.0 Å². The average Bonchev–Trinajstić information content (AvgIpc) is 2.62. The summed E-state index contributed by atoms with van der Waals surface area (Å²) >= 11 is 0. The van der Waals surface area contributed by atoms with Crippen LogP contribution < -0.4 is 9.64 Å². The lowest BCUT2D eigenvalue weighted by molar-refractivity contribution is -0.906. The number of hydrogen-bond donors (Lipinski definition) is 1. The van der Waals surface area contributed by atoms with E-state index in [9.17, 15) is 4.39 Å². The highest BCUT2D eigenvalue weighted by Crippen LogP contribution is 2.17. The summed E-state index contributed by atoms with van der Waals surface area (Å²) < 4.78 is 19.0. The molecule has 1 aliphatic heterocycles. The molecule has 24 heavy (non-hydrogen) atoms. The molecule has 0 aromatic heterocycles.